The van der Waals surface area contributed by atoms with Crippen LogP contribution in [-0.4, -0.2) is 11.9 Å². The minimum atomic E-state index is -0.348. The maximum atomic E-state index is 12.8. The number of rotatable bonds is 5. The third kappa shape index (κ3) is 3.89. The van der Waals surface area contributed by atoms with Crippen LogP contribution in [0.5, 0.6) is 0 Å². The molecule has 1 aliphatic rings. The molecular weight excluding hydrogens is 267 g/mol. The molecule has 2 N–H and O–H groups in total. The molecule has 1 fully saturated rings. The molecule has 3 nitrogen and oxygen atoms in total. The first-order valence-electron chi connectivity index (χ1n) is 7.10. The van der Waals surface area contributed by atoms with Crippen molar-refractivity contribution in [1.82, 2.24) is 5.32 Å². The molecule has 1 aliphatic carbocycles. The predicted molar refractivity (Wildman–Crippen MR) is 80.7 cm³/mol. The molecule has 0 bridgehead atoms. The summed E-state index contributed by atoms with van der Waals surface area (Å²) in [6, 6.07) is 13.9. The van der Waals surface area contributed by atoms with Crippen LogP contribution < -0.4 is 10.6 Å². The number of anilines is 1. The lowest BCUT2D eigenvalue weighted by Gasteiger charge is -2.08. The van der Waals surface area contributed by atoms with Gasteiger partial charge in [-0.1, -0.05) is 12.1 Å². The Hall–Kier alpha value is -2.20. The molecule has 2 aromatic carbocycles. The molecule has 2 aromatic rings. The lowest BCUT2D eigenvalue weighted by Crippen LogP contribution is -2.16. The molecule has 0 aliphatic heterocycles. The summed E-state index contributed by atoms with van der Waals surface area (Å²) >= 11 is 0. The highest BCUT2D eigenvalue weighted by Crippen LogP contribution is 2.20. The molecule has 0 atom stereocenters. The predicted octanol–water partition coefficient (Wildman–Crippen LogP) is 3.33. The Bertz CT molecular complexity index is 635. The zero-order valence-corrected chi connectivity index (χ0v) is 11.6. The molecule has 108 valence electrons. The topological polar surface area (TPSA) is 41.1 Å². The fourth-order valence-electron chi connectivity index (χ4n) is 2.11. The van der Waals surface area contributed by atoms with Crippen molar-refractivity contribution in [3.63, 3.8) is 0 Å². The third-order valence-corrected chi connectivity index (χ3v) is 3.46. The average Bonchev–Trinajstić information content (AvgIpc) is 3.30. The van der Waals surface area contributed by atoms with Crippen LogP contribution in [0.4, 0.5) is 10.1 Å². The van der Waals surface area contributed by atoms with Crippen molar-refractivity contribution in [3.8, 4) is 0 Å². The van der Waals surface area contributed by atoms with Crippen LogP contribution in [0.25, 0.3) is 0 Å². The summed E-state index contributed by atoms with van der Waals surface area (Å²) in [7, 11) is 0. The van der Waals surface area contributed by atoms with Gasteiger partial charge < -0.3 is 10.6 Å². The highest BCUT2D eigenvalue weighted by atomic mass is 19.1. The van der Waals surface area contributed by atoms with Crippen molar-refractivity contribution >= 4 is 11.6 Å². The first kappa shape index (κ1) is 13.8. The standard InChI is InChI=1S/C17H17FN2O/c18-14-6-4-13(5-7-14)17(21)20-16-3-1-2-12(10-16)11-19-15-8-9-15/h1-7,10,15,19H,8-9,11H2,(H,20,21). The van der Waals surface area contributed by atoms with Gasteiger partial charge in [0.15, 0.2) is 0 Å². The number of halogens is 1. The van der Waals surface area contributed by atoms with E-state index in [1.54, 1.807) is 0 Å². The van der Waals surface area contributed by atoms with Gasteiger partial charge in [0.05, 0.1) is 0 Å². The lowest BCUT2D eigenvalue weighted by molar-refractivity contribution is 0.102. The first-order chi connectivity index (χ1) is 10.2. The summed E-state index contributed by atoms with van der Waals surface area (Å²) < 4.78 is 12.8. The van der Waals surface area contributed by atoms with Crippen molar-refractivity contribution in [2.24, 2.45) is 0 Å². The summed E-state index contributed by atoms with van der Waals surface area (Å²) in [6.45, 7) is 0.810. The summed E-state index contributed by atoms with van der Waals surface area (Å²) in [4.78, 5) is 12.1. The number of carbonyl (C=O) groups excluding carboxylic acids is 1. The van der Waals surface area contributed by atoms with E-state index in [-0.39, 0.29) is 11.7 Å². The Morgan fingerprint density at radius 2 is 1.90 bits per heavy atom. The Morgan fingerprint density at radius 3 is 2.62 bits per heavy atom. The molecule has 0 saturated heterocycles. The zero-order valence-electron chi connectivity index (χ0n) is 11.6. The minimum absolute atomic E-state index is 0.234. The highest BCUT2D eigenvalue weighted by molar-refractivity contribution is 6.04. The second-order valence-electron chi connectivity index (χ2n) is 5.32. The number of benzene rings is 2. The van der Waals surface area contributed by atoms with Crippen LogP contribution >= 0.6 is 0 Å². The van der Waals surface area contributed by atoms with E-state index in [2.05, 4.69) is 10.6 Å². The van der Waals surface area contributed by atoms with E-state index in [4.69, 9.17) is 0 Å². The molecule has 0 spiro atoms. The third-order valence-electron chi connectivity index (χ3n) is 3.46. The van der Waals surface area contributed by atoms with Gasteiger partial charge in [-0.2, -0.15) is 0 Å². The van der Waals surface area contributed by atoms with Crippen molar-refractivity contribution in [2.45, 2.75) is 25.4 Å². The van der Waals surface area contributed by atoms with Crippen LogP contribution in [-0.2, 0) is 6.54 Å². The quantitative estimate of drug-likeness (QED) is 0.884. The van der Waals surface area contributed by atoms with Crippen molar-refractivity contribution < 1.29 is 9.18 Å². The zero-order chi connectivity index (χ0) is 14.7. The summed E-state index contributed by atoms with van der Waals surface area (Å²) in [5.41, 5.74) is 2.33. The summed E-state index contributed by atoms with van der Waals surface area (Å²) in [5, 5.41) is 6.27. The molecule has 21 heavy (non-hydrogen) atoms. The maximum Gasteiger partial charge on any atom is 0.255 e. The smallest absolute Gasteiger partial charge is 0.255 e. The molecule has 0 unspecified atom stereocenters. The van der Waals surface area contributed by atoms with Gasteiger partial charge in [0.1, 0.15) is 5.82 Å². The van der Waals surface area contributed by atoms with Crippen LogP contribution in [0.2, 0.25) is 0 Å². The largest absolute Gasteiger partial charge is 0.322 e. The van der Waals surface area contributed by atoms with E-state index in [1.807, 2.05) is 24.3 Å². The number of hydrogen-bond acceptors (Lipinski definition) is 2. The SMILES string of the molecule is O=C(Nc1cccc(CNC2CC2)c1)c1ccc(F)cc1. The molecule has 3 rings (SSSR count). The van der Waals surface area contributed by atoms with Gasteiger partial charge in [-0.3, -0.25) is 4.79 Å². The summed E-state index contributed by atoms with van der Waals surface area (Å²) in [6.07, 6.45) is 2.50. The van der Waals surface area contributed by atoms with Gasteiger partial charge in [-0.05, 0) is 54.8 Å². The van der Waals surface area contributed by atoms with E-state index in [9.17, 15) is 9.18 Å². The lowest BCUT2D eigenvalue weighted by atomic mass is 10.1. The molecule has 0 aromatic heterocycles. The second kappa shape index (κ2) is 6.06. The number of nitrogens with one attached hydrogen (secondary N) is 2. The monoisotopic (exact) mass is 284 g/mol. The maximum absolute atomic E-state index is 12.8. The number of carbonyl (C=O) groups is 1. The highest BCUT2D eigenvalue weighted by Gasteiger charge is 2.19. The Kier molecular flexibility index (Phi) is 3.97. The Morgan fingerprint density at radius 1 is 1.14 bits per heavy atom. The van der Waals surface area contributed by atoms with Crippen LogP contribution in [0.15, 0.2) is 48.5 Å². The molecule has 0 heterocycles. The fourth-order valence-corrected chi connectivity index (χ4v) is 2.11. The Balaban J connectivity index is 1.64. The minimum Gasteiger partial charge on any atom is -0.322 e. The van der Waals surface area contributed by atoms with E-state index in [0.717, 1.165) is 17.8 Å². The average molecular weight is 284 g/mol. The van der Waals surface area contributed by atoms with Crippen LogP contribution in [0.3, 0.4) is 0 Å². The van der Waals surface area contributed by atoms with Gasteiger partial charge >= 0.3 is 0 Å². The van der Waals surface area contributed by atoms with Crippen molar-refractivity contribution in [3.05, 3.63) is 65.5 Å². The summed E-state index contributed by atoms with van der Waals surface area (Å²) in [5.74, 6) is -0.581. The van der Waals surface area contributed by atoms with Gasteiger partial charge in [0.2, 0.25) is 0 Å². The fraction of sp³-hybridized carbons (Fsp3) is 0.235. The van der Waals surface area contributed by atoms with E-state index >= 15 is 0 Å². The first-order valence-corrected chi connectivity index (χ1v) is 7.10. The van der Waals surface area contributed by atoms with Gasteiger partial charge in [-0.15, -0.1) is 0 Å². The number of amides is 1. The molecule has 1 saturated carbocycles. The van der Waals surface area contributed by atoms with E-state index in [1.165, 1.54) is 37.1 Å². The second-order valence-corrected chi connectivity index (χ2v) is 5.32. The van der Waals surface area contributed by atoms with E-state index < -0.39 is 0 Å². The molecule has 1 amide bonds. The van der Waals surface area contributed by atoms with Crippen molar-refractivity contribution in [2.75, 3.05) is 5.32 Å². The molecule has 0 radical (unpaired) electrons. The Labute approximate surface area is 123 Å². The molecule has 4 heteroatoms. The number of hydrogen-bond donors (Lipinski definition) is 2. The van der Waals surface area contributed by atoms with Crippen LogP contribution in [0.1, 0.15) is 28.8 Å². The van der Waals surface area contributed by atoms with Gasteiger partial charge in [0, 0.05) is 23.8 Å². The van der Waals surface area contributed by atoms with E-state index in [0.29, 0.717) is 11.6 Å². The van der Waals surface area contributed by atoms with Crippen LogP contribution in [0, 0.1) is 5.82 Å². The van der Waals surface area contributed by atoms with Gasteiger partial charge in [0.25, 0.3) is 5.91 Å². The molecular formula is C17H17FN2O. The van der Waals surface area contributed by atoms with Gasteiger partial charge in [-0.25, -0.2) is 4.39 Å². The normalized spacial score (nSPS) is 14.0. The van der Waals surface area contributed by atoms with Crippen molar-refractivity contribution in [1.29, 1.82) is 0 Å².